The fourth-order valence-electron chi connectivity index (χ4n) is 2.83. The molecule has 1 amide bonds. The molecule has 2 atom stereocenters. The number of nitrogens with one attached hydrogen (secondary N) is 1. The molecule has 0 bridgehead atoms. The van der Waals surface area contributed by atoms with Crippen LogP contribution in [0.4, 0.5) is 0 Å². The van der Waals surface area contributed by atoms with E-state index in [1.165, 1.54) is 0 Å². The Morgan fingerprint density at radius 1 is 1.30 bits per heavy atom. The Labute approximate surface area is 118 Å². The van der Waals surface area contributed by atoms with Crippen molar-refractivity contribution < 1.29 is 19.4 Å². The molecule has 0 spiro atoms. The lowest BCUT2D eigenvalue weighted by Gasteiger charge is -2.24. The first-order valence-corrected chi connectivity index (χ1v) is 7.09. The molecule has 0 radical (unpaired) electrons. The molecule has 2 aliphatic rings. The fourth-order valence-corrected chi connectivity index (χ4v) is 2.83. The highest BCUT2D eigenvalue weighted by atomic mass is 16.5. The maximum absolute atomic E-state index is 12.4. The average molecular weight is 285 g/mol. The fraction of sp³-hybridized carbons (Fsp3) is 0.846. The van der Waals surface area contributed by atoms with Crippen LogP contribution >= 0.6 is 0 Å². The number of nitrogens with zero attached hydrogens (tertiary/aromatic N) is 2. The van der Waals surface area contributed by atoms with Gasteiger partial charge in [0.1, 0.15) is 0 Å². The van der Waals surface area contributed by atoms with Gasteiger partial charge in [0, 0.05) is 39.8 Å². The molecule has 20 heavy (non-hydrogen) atoms. The Bertz CT molecular complexity index is 364. The monoisotopic (exact) mass is 285 g/mol. The first-order chi connectivity index (χ1) is 9.60. The van der Waals surface area contributed by atoms with Crippen LogP contribution in [0.1, 0.15) is 12.8 Å². The van der Waals surface area contributed by atoms with Gasteiger partial charge in [0.25, 0.3) is 0 Å². The molecule has 2 rings (SSSR count). The first-order valence-electron chi connectivity index (χ1n) is 7.09. The molecular formula is C13H23N3O4. The molecule has 2 unspecified atom stereocenters. The van der Waals surface area contributed by atoms with Crippen molar-refractivity contribution >= 4 is 11.9 Å². The van der Waals surface area contributed by atoms with Crippen LogP contribution in [-0.2, 0) is 14.3 Å². The maximum atomic E-state index is 12.4. The zero-order valence-corrected chi connectivity index (χ0v) is 11.9. The van der Waals surface area contributed by atoms with Gasteiger partial charge in [0.2, 0.25) is 5.91 Å². The molecule has 2 heterocycles. The van der Waals surface area contributed by atoms with Gasteiger partial charge in [-0.3, -0.25) is 14.5 Å². The first kappa shape index (κ1) is 15.2. The molecule has 114 valence electrons. The molecule has 2 fully saturated rings. The van der Waals surface area contributed by atoms with Crippen molar-refractivity contribution in [2.75, 3.05) is 46.4 Å². The highest BCUT2D eigenvalue weighted by molar-refractivity contribution is 5.82. The molecule has 2 N–H and O–H groups in total. The number of rotatable bonds is 4. The van der Waals surface area contributed by atoms with Gasteiger partial charge in [0.05, 0.1) is 18.7 Å². The minimum Gasteiger partial charge on any atom is -0.480 e. The number of carboxylic acid groups (broad SMARTS) is 1. The van der Waals surface area contributed by atoms with Crippen molar-refractivity contribution in [1.82, 2.24) is 15.1 Å². The maximum Gasteiger partial charge on any atom is 0.317 e. The van der Waals surface area contributed by atoms with Gasteiger partial charge < -0.3 is 20.1 Å². The summed E-state index contributed by atoms with van der Waals surface area (Å²) >= 11 is 0. The number of carbonyl (C=O) groups excluding carboxylic acids is 1. The Hall–Kier alpha value is -1.18. The summed E-state index contributed by atoms with van der Waals surface area (Å²) in [6.07, 6.45) is 1.64. The summed E-state index contributed by atoms with van der Waals surface area (Å²) in [6.45, 7) is 3.42. The number of carboxylic acids is 1. The van der Waals surface area contributed by atoms with Crippen molar-refractivity contribution in [3.05, 3.63) is 0 Å². The van der Waals surface area contributed by atoms with Crippen LogP contribution in [0.3, 0.4) is 0 Å². The van der Waals surface area contributed by atoms with E-state index in [9.17, 15) is 9.59 Å². The van der Waals surface area contributed by atoms with Crippen molar-refractivity contribution in [2.24, 2.45) is 0 Å². The zero-order chi connectivity index (χ0) is 14.5. The largest absolute Gasteiger partial charge is 0.480 e. The summed E-state index contributed by atoms with van der Waals surface area (Å²) in [5, 5.41) is 12.0. The van der Waals surface area contributed by atoms with Crippen LogP contribution in [0.2, 0.25) is 0 Å². The topological polar surface area (TPSA) is 82.1 Å². The summed E-state index contributed by atoms with van der Waals surface area (Å²) < 4.78 is 5.26. The predicted molar refractivity (Wildman–Crippen MR) is 72.5 cm³/mol. The standard InChI is InChI=1S/C13H23N3O4/c1-20-10-7-11(14-8-10)13(19)16-4-2-3-15(5-6-16)9-12(17)18/h10-11,14H,2-9H2,1H3,(H,17,18). The van der Waals surface area contributed by atoms with Gasteiger partial charge in [-0.15, -0.1) is 0 Å². The number of amides is 1. The Morgan fingerprint density at radius 3 is 2.75 bits per heavy atom. The van der Waals surface area contributed by atoms with E-state index in [4.69, 9.17) is 9.84 Å². The number of hydrogen-bond donors (Lipinski definition) is 2. The lowest BCUT2D eigenvalue weighted by Crippen LogP contribution is -2.45. The van der Waals surface area contributed by atoms with Gasteiger partial charge in [-0.05, 0) is 12.8 Å². The Kier molecular flexibility index (Phi) is 5.33. The van der Waals surface area contributed by atoms with Gasteiger partial charge in [-0.1, -0.05) is 0 Å². The summed E-state index contributed by atoms with van der Waals surface area (Å²) in [7, 11) is 1.66. The van der Waals surface area contributed by atoms with E-state index in [1.54, 1.807) is 7.11 Å². The Balaban J connectivity index is 1.84. The second-order valence-electron chi connectivity index (χ2n) is 5.40. The predicted octanol–water partition coefficient (Wildman–Crippen LogP) is -1.02. The quantitative estimate of drug-likeness (QED) is 0.688. The lowest BCUT2D eigenvalue weighted by atomic mass is 10.1. The number of methoxy groups -OCH3 is 1. The van der Waals surface area contributed by atoms with Crippen molar-refractivity contribution in [2.45, 2.75) is 25.0 Å². The van der Waals surface area contributed by atoms with Crippen LogP contribution < -0.4 is 5.32 Å². The Morgan fingerprint density at radius 2 is 2.10 bits per heavy atom. The molecule has 0 saturated carbocycles. The summed E-state index contributed by atoms with van der Waals surface area (Å²) in [5.74, 6) is -0.702. The van der Waals surface area contributed by atoms with Crippen LogP contribution in [0, 0.1) is 0 Å². The highest BCUT2D eigenvalue weighted by Gasteiger charge is 2.32. The smallest absolute Gasteiger partial charge is 0.317 e. The van der Waals surface area contributed by atoms with E-state index in [2.05, 4.69) is 5.32 Å². The SMILES string of the molecule is COC1CNC(C(=O)N2CCCN(CC(=O)O)CC2)C1. The number of ether oxygens (including phenoxy) is 1. The normalized spacial score (nSPS) is 28.4. The number of carbonyl (C=O) groups is 2. The molecule has 0 aromatic heterocycles. The van der Waals surface area contributed by atoms with Crippen LogP contribution in [0.5, 0.6) is 0 Å². The van der Waals surface area contributed by atoms with E-state index in [1.807, 2.05) is 9.80 Å². The summed E-state index contributed by atoms with van der Waals surface area (Å²) in [4.78, 5) is 26.9. The number of hydrogen-bond acceptors (Lipinski definition) is 5. The molecule has 0 aromatic rings. The summed E-state index contributed by atoms with van der Waals surface area (Å²) in [5.41, 5.74) is 0. The molecule has 7 heteroatoms. The lowest BCUT2D eigenvalue weighted by molar-refractivity contribution is -0.138. The third-order valence-corrected chi connectivity index (χ3v) is 3.98. The van der Waals surface area contributed by atoms with Gasteiger partial charge in [-0.2, -0.15) is 0 Å². The second kappa shape index (κ2) is 7.01. The van der Waals surface area contributed by atoms with Crippen LogP contribution in [-0.4, -0.2) is 85.3 Å². The minimum absolute atomic E-state index is 0.0510. The van der Waals surface area contributed by atoms with E-state index >= 15 is 0 Å². The third kappa shape index (κ3) is 3.91. The van der Waals surface area contributed by atoms with Gasteiger partial charge in [-0.25, -0.2) is 0 Å². The molecule has 2 saturated heterocycles. The van der Waals surface area contributed by atoms with E-state index in [0.29, 0.717) is 32.6 Å². The van der Waals surface area contributed by atoms with Crippen molar-refractivity contribution in [3.8, 4) is 0 Å². The minimum atomic E-state index is -0.815. The molecular weight excluding hydrogens is 262 g/mol. The average Bonchev–Trinajstić information content (AvgIpc) is 2.78. The highest BCUT2D eigenvalue weighted by Crippen LogP contribution is 2.13. The van der Waals surface area contributed by atoms with Crippen molar-refractivity contribution in [1.29, 1.82) is 0 Å². The molecule has 2 aliphatic heterocycles. The van der Waals surface area contributed by atoms with Crippen molar-refractivity contribution in [3.63, 3.8) is 0 Å². The molecule has 0 aliphatic carbocycles. The number of aliphatic carboxylic acids is 1. The second-order valence-corrected chi connectivity index (χ2v) is 5.40. The van der Waals surface area contributed by atoms with Gasteiger partial charge in [0.15, 0.2) is 0 Å². The summed E-state index contributed by atoms with van der Waals surface area (Å²) in [6, 6.07) is -0.161. The zero-order valence-electron chi connectivity index (χ0n) is 11.9. The van der Waals surface area contributed by atoms with Crippen LogP contribution in [0.15, 0.2) is 0 Å². The van der Waals surface area contributed by atoms with Gasteiger partial charge >= 0.3 is 5.97 Å². The van der Waals surface area contributed by atoms with Crippen LogP contribution in [0.25, 0.3) is 0 Å². The molecule has 0 aromatic carbocycles. The third-order valence-electron chi connectivity index (χ3n) is 3.98. The molecule has 7 nitrogen and oxygen atoms in total. The van der Waals surface area contributed by atoms with E-state index < -0.39 is 5.97 Å². The van der Waals surface area contributed by atoms with E-state index in [0.717, 1.165) is 13.0 Å². The van der Waals surface area contributed by atoms with E-state index in [-0.39, 0.29) is 24.6 Å².